The van der Waals surface area contributed by atoms with Crippen LogP contribution in [0.4, 0.5) is 40.7 Å². The number of pyridine rings is 1. The first kappa shape index (κ1) is 91.6. The van der Waals surface area contributed by atoms with Crippen molar-refractivity contribution in [3.63, 3.8) is 0 Å². The third kappa shape index (κ3) is 26.8. The SMILES string of the molecule is CC(C)Nc1nc(C(C)C)nc2c1OCCO2.CC(C)Nc1nc(C(C)C)nc2cccnc12.CC(C)Nc1nc(C(C)C)nc2ccsc12.CC(C)Nc1nc(C(C)C)nc2cncnc12.CC(C)Nc1nc(C(C)C)nc2nccnc12.CC(C)Nc1nc(C(C)C)nc2ncncc12.CC(C)Nc1nc(C(C)C)nc2sccc12. The number of hydrogen-bond donors (Lipinski definition) is 7. The molecule has 32 heteroatoms. The Balaban J connectivity index is 0.000000170. The van der Waals surface area contributed by atoms with Crippen LogP contribution in [-0.2, 0) is 0 Å². The van der Waals surface area contributed by atoms with E-state index in [1.165, 1.54) is 12.7 Å². The highest BCUT2D eigenvalue weighted by Crippen LogP contribution is 2.37. The zero-order chi connectivity index (χ0) is 85.5. The predicted octanol–water partition coefficient (Wildman–Crippen LogP) is 19.5. The van der Waals surface area contributed by atoms with Gasteiger partial charge in [0.2, 0.25) is 5.75 Å². The van der Waals surface area contributed by atoms with Gasteiger partial charge in [0.05, 0.1) is 32.7 Å². The van der Waals surface area contributed by atoms with E-state index in [0.29, 0.717) is 96.2 Å². The number of aromatic nitrogens is 21. The molecule has 7 N–H and O–H groups in total. The lowest BCUT2D eigenvalue weighted by atomic mass is 10.2. The maximum absolute atomic E-state index is 5.58. The van der Waals surface area contributed by atoms with E-state index in [2.05, 4.69) is 359 Å². The molecular formula is C85H122N28O2S2. The summed E-state index contributed by atoms with van der Waals surface area (Å²) in [5.41, 5.74) is 6.42. The molecule has 0 saturated carbocycles. The molecule has 0 spiro atoms. The molecular weight excluding hydrogens is 1510 g/mol. The van der Waals surface area contributed by atoms with Crippen LogP contribution in [-0.4, -0.2) is 160 Å². The lowest BCUT2D eigenvalue weighted by Gasteiger charge is -2.22. The highest BCUT2D eigenvalue weighted by molar-refractivity contribution is 7.17. The van der Waals surface area contributed by atoms with Crippen LogP contribution in [0.3, 0.4) is 0 Å². The number of thiophene rings is 2. The van der Waals surface area contributed by atoms with E-state index in [1.807, 2.05) is 12.1 Å². The molecule has 0 atom stereocenters. The number of nitrogens with zero attached hydrogens (tertiary/aromatic N) is 21. The quantitative estimate of drug-likeness (QED) is 0.0351. The van der Waals surface area contributed by atoms with Crippen LogP contribution in [0, 0.1) is 0 Å². The van der Waals surface area contributed by atoms with Crippen LogP contribution in [0.1, 0.15) is 276 Å². The molecule has 0 aliphatic carbocycles. The van der Waals surface area contributed by atoms with E-state index >= 15 is 0 Å². The number of ether oxygens (including phenoxy) is 2. The summed E-state index contributed by atoms with van der Waals surface area (Å²) >= 11 is 3.36. The predicted molar refractivity (Wildman–Crippen MR) is 481 cm³/mol. The lowest BCUT2D eigenvalue weighted by molar-refractivity contribution is 0.163. The van der Waals surface area contributed by atoms with Crippen LogP contribution < -0.4 is 46.7 Å². The number of hydrogen-bond acceptors (Lipinski definition) is 32. The fourth-order valence-electron chi connectivity index (χ4n) is 10.8. The molecule has 0 bridgehead atoms. The minimum Gasteiger partial charge on any atom is -0.482 e. The zero-order valence-electron chi connectivity index (χ0n) is 73.5. The molecule has 14 rings (SSSR count). The van der Waals surface area contributed by atoms with Crippen molar-refractivity contribution in [2.24, 2.45) is 0 Å². The largest absolute Gasteiger partial charge is 0.482 e. The van der Waals surface area contributed by atoms with E-state index in [0.717, 1.165) is 135 Å². The lowest BCUT2D eigenvalue weighted by Crippen LogP contribution is -2.21. The van der Waals surface area contributed by atoms with Gasteiger partial charge in [0.15, 0.2) is 34.6 Å². The average molecular weight is 1630 g/mol. The van der Waals surface area contributed by atoms with E-state index < -0.39 is 0 Å². The highest BCUT2D eigenvalue weighted by Gasteiger charge is 2.24. The zero-order valence-corrected chi connectivity index (χ0v) is 75.2. The Morgan fingerprint density at radius 1 is 0.299 bits per heavy atom. The molecule has 14 heterocycles. The molecule has 30 nitrogen and oxygen atoms in total. The van der Waals surface area contributed by atoms with Crippen LogP contribution in [0.2, 0.25) is 0 Å². The fraction of sp³-hybridized carbons (Fsp3) is 0.518. The smallest absolute Gasteiger partial charge is 0.262 e. The number of nitrogens with one attached hydrogen (secondary N) is 7. The minimum atomic E-state index is 0.263. The second-order valence-corrected chi connectivity index (χ2v) is 34.2. The van der Waals surface area contributed by atoms with Crippen LogP contribution in [0.25, 0.3) is 64.7 Å². The summed E-state index contributed by atoms with van der Waals surface area (Å²) in [6.07, 6.45) is 11.6. The van der Waals surface area contributed by atoms with Crippen molar-refractivity contribution in [1.29, 1.82) is 0 Å². The molecule has 1 aliphatic heterocycles. The Labute approximate surface area is 697 Å². The van der Waals surface area contributed by atoms with E-state index in [4.69, 9.17) is 9.47 Å². The molecule has 0 aromatic carbocycles. The fourth-order valence-corrected chi connectivity index (χ4v) is 12.4. The molecule has 13 aromatic heterocycles. The van der Waals surface area contributed by atoms with Gasteiger partial charge in [-0.25, -0.2) is 94.7 Å². The van der Waals surface area contributed by atoms with Crippen molar-refractivity contribution in [2.75, 3.05) is 50.4 Å². The Kier molecular flexibility index (Phi) is 34.0. The van der Waals surface area contributed by atoms with Gasteiger partial charge < -0.3 is 46.7 Å². The molecule has 0 saturated heterocycles. The number of fused-ring (bicyclic) bond motifs is 7. The molecule has 1 aliphatic rings. The molecule has 0 fully saturated rings. The van der Waals surface area contributed by atoms with E-state index in [9.17, 15) is 0 Å². The van der Waals surface area contributed by atoms with E-state index in [1.54, 1.807) is 53.7 Å². The first-order chi connectivity index (χ1) is 55.5. The molecule has 117 heavy (non-hydrogen) atoms. The first-order valence-corrected chi connectivity index (χ1v) is 42.4. The second-order valence-electron chi connectivity index (χ2n) is 32.4. The van der Waals surface area contributed by atoms with Gasteiger partial charge in [-0.2, -0.15) is 4.98 Å². The van der Waals surface area contributed by atoms with Gasteiger partial charge in [0, 0.05) is 109 Å². The van der Waals surface area contributed by atoms with Gasteiger partial charge in [-0.3, -0.25) is 4.98 Å². The Bertz CT molecular complexity index is 4820. The summed E-state index contributed by atoms with van der Waals surface area (Å²) in [6, 6.07) is 10.3. The van der Waals surface area contributed by atoms with Crippen LogP contribution in [0.15, 0.2) is 78.7 Å². The van der Waals surface area contributed by atoms with Gasteiger partial charge in [-0.05, 0) is 132 Å². The van der Waals surface area contributed by atoms with Crippen molar-refractivity contribution in [3.8, 4) is 11.6 Å². The molecule has 0 unspecified atom stereocenters. The molecule has 0 amide bonds. The maximum atomic E-state index is 5.58. The van der Waals surface area contributed by atoms with Crippen LogP contribution in [0.5, 0.6) is 11.6 Å². The van der Waals surface area contributed by atoms with E-state index in [-0.39, 0.29) is 23.7 Å². The number of rotatable bonds is 21. The van der Waals surface area contributed by atoms with Crippen molar-refractivity contribution >= 4 is 128 Å². The molecule has 13 aromatic rings. The van der Waals surface area contributed by atoms with Crippen molar-refractivity contribution < 1.29 is 9.47 Å². The Hall–Kier alpha value is -10.9. The summed E-state index contributed by atoms with van der Waals surface area (Å²) in [4.78, 5) is 93.6. The van der Waals surface area contributed by atoms with Crippen molar-refractivity contribution in [3.05, 3.63) is 119 Å². The Morgan fingerprint density at radius 2 is 0.692 bits per heavy atom. The second kappa shape index (κ2) is 43.4. The summed E-state index contributed by atoms with van der Waals surface area (Å²) in [6.45, 7) is 59.5. The average Bonchev–Trinajstić information content (AvgIpc) is 1.78. The first-order valence-electron chi connectivity index (χ1n) is 40.6. The van der Waals surface area contributed by atoms with Gasteiger partial charge in [0.1, 0.15) is 111 Å². The normalized spacial score (nSPS) is 11.9. The number of anilines is 7. The van der Waals surface area contributed by atoms with Gasteiger partial charge in [-0.1, -0.05) is 96.9 Å². The molecule has 0 radical (unpaired) electrons. The minimum absolute atomic E-state index is 0.263. The summed E-state index contributed by atoms with van der Waals surface area (Å²) in [7, 11) is 0. The Morgan fingerprint density at radius 3 is 1.25 bits per heavy atom. The van der Waals surface area contributed by atoms with Gasteiger partial charge in [-0.15, -0.1) is 22.7 Å². The van der Waals surface area contributed by atoms with Crippen molar-refractivity contribution in [1.82, 2.24) is 105 Å². The van der Waals surface area contributed by atoms with Crippen molar-refractivity contribution in [2.45, 2.75) is 278 Å². The highest BCUT2D eigenvalue weighted by atomic mass is 32.1. The summed E-state index contributed by atoms with van der Waals surface area (Å²) in [5.74, 6) is 15.0. The van der Waals surface area contributed by atoms with Gasteiger partial charge >= 0.3 is 0 Å². The molecule has 626 valence electrons. The topological polar surface area (TPSA) is 373 Å². The maximum Gasteiger partial charge on any atom is 0.262 e. The monoisotopic (exact) mass is 1630 g/mol. The summed E-state index contributed by atoms with van der Waals surface area (Å²) < 4.78 is 12.2. The standard InChI is InChI=1S/C13H18N4.3C12H17N5.C12H19N3O2.2C12H17N3S/c1-8(2)12-16-10-6-5-7-14-11(10)13(17-12)15-9(3)4;1-7(2)11-16-9-5-13-6-14-10(9)12(17-11)15-8(3)4;1-7(2)10-16-11-9(5-13-6-14-11)12(17-10)15-8(3)4;1-7(2)10-16-11-9(13-5-6-14-11)12(17-10)15-8(3)4;1-7(2)10-14-11(13-8(3)4)9-12(15-10)17-6-5-16-9;1-7(2)11-14-9-5-6-16-10(9)12(15-11)13-8(3)4;1-7(2)10-14-11(13-8(3)4)9-5-6-16-12(9)15-10/h5-9H,1-4H3,(H,15,16,17);5-8H,1-4H3,(H,15,16,17);5-8H,1-4H3,(H,13,14,15,16,17);5-8H,1-4H3,(H,14,15,16,17);7-8H,5-6H2,1-4H3,(H,13,14,15);2*5-8H,1-4H3,(H,13,14,15). The third-order valence-electron chi connectivity index (χ3n) is 16.3. The third-order valence-corrected chi connectivity index (χ3v) is 18.0. The van der Waals surface area contributed by atoms with Gasteiger partial charge in [0.25, 0.3) is 5.88 Å². The van der Waals surface area contributed by atoms with Crippen LogP contribution >= 0.6 is 22.7 Å². The summed E-state index contributed by atoms with van der Waals surface area (Å²) in [5, 5.41) is 29.4.